The SMILES string of the molecule is CC[C@H]1OC(=O)[C@H](C)[C@@H](O)[C@H](C)[C@@H](O)[C@](C)(O)C[C@@H](C)CN(CCCN(CC#N)C(=O)Nc2ccc(Cl)cc2Cl)[C@H](C)[C@@H](O)[C@]1(C)O. The van der Waals surface area contributed by atoms with E-state index in [0.29, 0.717) is 30.2 Å². The third kappa shape index (κ3) is 10.6. The van der Waals surface area contributed by atoms with Crippen LogP contribution in [0, 0.1) is 29.1 Å². The van der Waals surface area contributed by atoms with Gasteiger partial charge < -0.3 is 40.5 Å². The highest BCUT2D eigenvalue weighted by atomic mass is 35.5. The molecule has 0 aromatic heterocycles. The number of benzene rings is 1. The number of halogens is 2. The van der Waals surface area contributed by atoms with Gasteiger partial charge >= 0.3 is 12.0 Å². The molecule has 1 aliphatic heterocycles. The van der Waals surface area contributed by atoms with Gasteiger partial charge in [0.15, 0.2) is 0 Å². The van der Waals surface area contributed by atoms with Crippen molar-refractivity contribution in [3.63, 3.8) is 0 Å². The van der Waals surface area contributed by atoms with Crippen molar-refractivity contribution >= 4 is 40.9 Å². The summed E-state index contributed by atoms with van der Waals surface area (Å²) < 4.78 is 5.64. The quantitative estimate of drug-likeness (QED) is 0.181. The number of rotatable bonds is 7. The van der Waals surface area contributed by atoms with Gasteiger partial charge in [0.2, 0.25) is 0 Å². The van der Waals surface area contributed by atoms with Gasteiger partial charge in [-0.25, -0.2) is 4.79 Å². The van der Waals surface area contributed by atoms with Crippen molar-refractivity contribution in [3.05, 3.63) is 28.2 Å². The average Bonchev–Trinajstić information content (AvgIpc) is 3.00. The molecular formula is C33H52Cl2N4O8. The minimum absolute atomic E-state index is 0.113. The van der Waals surface area contributed by atoms with E-state index in [-0.39, 0.29) is 36.9 Å². The van der Waals surface area contributed by atoms with Gasteiger partial charge in [0.25, 0.3) is 0 Å². The van der Waals surface area contributed by atoms with Crippen LogP contribution in [0.3, 0.4) is 0 Å². The minimum atomic E-state index is -1.89. The molecule has 0 aliphatic carbocycles. The number of aliphatic hydroxyl groups is 5. The lowest BCUT2D eigenvalue weighted by Crippen LogP contribution is -2.59. The maximum Gasteiger partial charge on any atom is 0.322 e. The Bertz CT molecular complexity index is 1250. The summed E-state index contributed by atoms with van der Waals surface area (Å²) in [5, 5.41) is 69.3. The van der Waals surface area contributed by atoms with Crippen LogP contribution < -0.4 is 5.32 Å². The Morgan fingerprint density at radius 3 is 2.36 bits per heavy atom. The number of urea groups is 1. The second-order valence-corrected chi connectivity index (χ2v) is 14.3. The molecule has 47 heavy (non-hydrogen) atoms. The number of esters is 1. The van der Waals surface area contributed by atoms with E-state index in [1.54, 1.807) is 32.9 Å². The molecule has 0 saturated carbocycles. The van der Waals surface area contributed by atoms with Crippen LogP contribution in [0.15, 0.2) is 18.2 Å². The number of hydrogen-bond acceptors (Lipinski definition) is 10. The van der Waals surface area contributed by atoms with Crippen LogP contribution in [-0.4, -0.2) is 115 Å². The van der Waals surface area contributed by atoms with Gasteiger partial charge in [-0.3, -0.25) is 9.69 Å². The number of cyclic esters (lactones) is 1. The summed E-state index contributed by atoms with van der Waals surface area (Å²) >= 11 is 12.2. The smallest absolute Gasteiger partial charge is 0.322 e. The fraction of sp³-hybridized carbons (Fsp3) is 0.727. The van der Waals surface area contributed by atoms with Crippen molar-refractivity contribution in [3.8, 4) is 6.07 Å². The first-order valence-electron chi connectivity index (χ1n) is 16.1. The largest absolute Gasteiger partial charge is 0.459 e. The monoisotopic (exact) mass is 702 g/mol. The zero-order valence-electron chi connectivity index (χ0n) is 28.4. The maximum atomic E-state index is 13.1. The van der Waals surface area contributed by atoms with E-state index in [0.717, 1.165) is 0 Å². The lowest BCUT2D eigenvalue weighted by molar-refractivity contribution is -0.193. The third-order valence-corrected chi connectivity index (χ3v) is 9.92. The maximum absolute atomic E-state index is 13.1. The van der Waals surface area contributed by atoms with E-state index in [1.165, 1.54) is 31.7 Å². The average molecular weight is 704 g/mol. The molecule has 1 aliphatic rings. The number of amides is 2. The van der Waals surface area contributed by atoms with E-state index in [1.807, 2.05) is 17.9 Å². The van der Waals surface area contributed by atoms with Crippen LogP contribution in [-0.2, 0) is 9.53 Å². The molecule has 10 atom stereocenters. The van der Waals surface area contributed by atoms with Crippen LogP contribution in [0.25, 0.3) is 0 Å². The normalized spacial score (nSPS) is 34.8. The Morgan fingerprint density at radius 1 is 1.15 bits per heavy atom. The Morgan fingerprint density at radius 2 is 1.79 bits per heavy atom. The molecule has 266 valence electrons. The minimum Gasteiger partial charge on any atom is -0.459 e. The zero-order chi connectivity index (χ0) is 35.9. The van der Waals surface area contributed by atoms with Crippen LogP contribution in [0.4, 0.5) is 10.5 Å². The predicted octanol–water partition coefficient (Wildman–Crippen LogP) is 3.65. The number of carbonyl (C=O) groups excluding carboxylic acids is 2. The fourth-order valence-corrected chi connectivity index (χ4v) is 6.89. The molecule has 1 aromatic carbocycles. The first-order valence-corrected chi connectivity index (χ1v) is 16.8. The molecule has 1 saturated heterocycles. The van der Waals surface area contributed by atoms with Gasteiger partial charge in [0.1, 0.15) is 24.4 Å². The van der Waals surface area contributed by atoms with Crippen molar-refractivity contribution in [2.75, 3.05) is 31.5 Å². The standard InChI is InChI=1S/C33H52Cl2N4O8/c1-8-26-33(7,46)29(42)22(5)39(14-9-13-38(15-12-36)31(44)37-25-11-10-23(34)16-24(25)35)18-19(2)17-32(6,45)28(41)20(3)27(40)21(4)30(43)47-26/h10-11,16,19-22,26-29,40-42,45-46H,8-9,13-15,17-18H2,1-7H3,(H,37,44)/t19-,20+,21-,22-,26-,27+,28-,29-,32-,33-/m1/s1. The van der Waals surface area contributed by atoms with Crippen molar-refractivity contribution in [2.45, 2.75) is 109 Å². The molecule has 0 bridgehead atoms. The van der Waals surface area contributed by atoms with E-state index in [2.05, 4.69) is 5.32 Å². The third-order valence-electron chi connectivity index (χ3n) is 9.37. The molecule has 6 N–H and O–H groups in total. The van der Waals surface area contributed by atoms with Crippen LogP contribution in [0.1, 0.15) is 67.7 Å². The molecule has 0 radical (unpaired) electrons. The van der Waals surface area contributed by atoms with Crippen LogP contribution >= 0.6 is 23.2 Å². The van der Waals surface area contributed by atoms with E-state index >= 15 is 0 Å². The van der Waals surface area contributed by atoms with E-state index < -0.39 is 65.5 Å². The Balaban J connectivity index is 2.37. The van der Waals surface area contributed by atoms with Gasteiger partial charge in [0.05, 0.1) is 40.5 Å². The van der Waals surface area contributed by atoms with Gasteiger partial charge in [-0.1, -0.05) is 44.0 Å². The highest BCUT2D eigenvalue weighted by molar-refractivity contribution is 6.36. The number of ether oxygens (including phenoxy) is 1. The molecule has 2 amide bonds. The van der Waals surface area contributed by atoms with Crippen molar-refractivity contribution in [1.29, 1.82) is 5.26 Å². The van der Waals surface area contributed by atoms with Crippen LogP contribution in [0.2, 0.25) is 10.0 Å². The summed E-state index contributed by atoms with van der Waals surface area (Å²) in [6, 6.07) is 5.37. The molecule has 1 aromatic rings. The fourth-order valence-electron chi connectivity index (χ4n) is 6.43. The Hall–Kier alpha value is -2.21. The molecular weight excluding hydrogens is 651 g/mol. The molecule has 1 heterocycles. The zero-order valence-corrected chi connectivity index (χ0v) is 29.9. The second-order valence-electron chi connectivity index (χ2n) is 13.5. The van der Waals surface area contributed by atoms with Crippen molar-refractivity contribution in [1.82, 2.24) is 9.80 Å². The van der Waals surface area contributed by atoms with Gasteiger partial charge in [-0.2, -0.15) is 5.26 Å². The lowest BCUT2D eigenvalue weighted by atomic mass is 9.78. The van der Waals surface area contributed by atoms with E-state index in [9.17, 15) is 40.4 Å². The summed E-state index contributed by atoms with van der Waals surface area (Å²) in [6.45, 7) is 11.8. The highest BCUT2D eigenvalue weighted by Gasteiger charge is 2.47. The number of nitriles is 1. The number of anilines is 1. The molecule has 0 spiro atoms. The number of nitrogens with zero attached hydrogens (tertiary/aromatic N) is 3. The van der Waals surface area contributed by atoms with Crippen molar-refractivity contribution in [2.24, 2.45) is 17.8 Å². The van der Waals surface area contributed by atoms with Crippen LogP contribution in [0.5, 0.6) is 0 Å². The second kappa shape index (κ2) is 17.4. The number of hydrogen-bond donors (Lipinski definition) is 6. The van der Waals surface area contributed by atoms with Gasteiger partial charge in [-0.15, -0.1) is 0 Å². The lowest BCUT2D eigenvalue weighted by Gasteiger charge is -2.43. The molecule has 1 fully saturated rings. The molecule has 12 nitrogen and oxygen atoms in total. The van der Waals surface area contributed by atoms with Gasteiger partial charge in [-0.05, 0) is 71.1 Å². The highest BCUT2D eigenvalue weighted by Crippen LogP contribution is 2.33. The number of carbonyl (C=O) groups is 2. The molecule has 2 rings (SSSR count). The first-order chi connectivity index (χ1) is 21.8. The summed E-state index contributed by atoms with van der Waals surface area (Å²) in [4.78, 5) is 29.4. The van der Waals surface area contributed by atoms with Gasteiger partial charge in [0, 0.05) is 36.6 Å². The molecule has 0 unspecified atom stereocenters. The summed E-state index contributed by atoms with van der Waals surface area (Å²) in [7, 11) is 0. The number of aliphatic hydroxyl groups excluding tert-OH is 3. The first kappa shape index (κ1) is 41.0. The Labute approximate surface area is 288 Å². The topological polar surface area (TPSA) is 187 Å². The van der Waals surface area contributed by atoms with E-state index in [4.69, 9.17) is 27.9 Å². The van der Waals surface area contributed by atoms with Crippen molar-refractivity contribution < 1.29 is 39.9 Å². The molecule has 14 heteroatoms. The predicted molar refractivity (Wildman–Crippen MR) is 180 cm³/mol. The number of nitrogens with one attached hydrogen (secondary N) is 1. The summed E-state index contributed by atoms with van der Waals surface area (Å²) in [5.41, 5.74) is -3.20. The summed E-state index contributed by atoms with van der Waals surface area (Å²) in [5.74, 6) is -3.04. The Kier molecular flexibility index (Phi) is 15.2. The summed E-state index contributed by atoms with van der Waals surface area (Å²) in [6.07, 6.45) is -4.61.